The average molecular weight is 594 g/mol. The standard InChI is InChI=1S/C24H21ClF5N3O5S/c25-18-3-1-2-17(24(28,29)30)16(18)6-4-15-5-7-20-19(12-15)33(8-10-37-20)39(35,36)21-13-32(14-22(26)27)31-23(21)38-11-9-34/h1-7,12-13,22,34H,8-11,14H2/b6-4+. The molecule has 0 atom stereocenters. The highest BCUT2D eigenvalue weighted by Gasteiger charge is 2.35. The number of aliphatic hydroxyl groups excluding tert-OH is 1. The fourth-order valence-corrected chi connectivity index (χ4v) is 5.62. The van der Waals surface area contributed by atoms with Crippen LogP contribution in [0.4, 0.5) is 27.6 Å². The number of ether oxygens (including phenoxy) is 2. The maximum Gasteiger partial charge on any atom is 0.417 e. The first-order chi connectivity index (χ1) is 18.4. The molecule has 0 unspecified atom stereocenters. The largest absolute Gasteiger partial charge is 0.489 e. The van der Waals surface area contributed by atoms with Crippen molar-refractivity contribution in [2.45, 2.75) is 24.0 Å². The summed E-state index contributed by atoms with van der Waals surface area (Å²) in [6.45, 7) is -1.89. The van der Waals surface area contributed by atoms with Crippen molar-refractivity contribution in [2.75, 3.05) is 30.7 Å². The van der Waals surface area contributed by atoms with E-state index in [-0.39, 0.29) is 41.8 Å². The van der Waals surface area contributed by atoms with Gasteiger partial charge < -0.3 is 14.6 Å². The number of aliphatic hydroxyl groups is 1. The van der Waals surface area contributed by atoms with Gasteiger partial charge in [-0.15, -0.1) is 5.10 Å². The lowest BCUT2D eigenvalue weighted by Crippen LogP contribution is -2.38. The van der Waals surface area contributed by atoms with Crippen molar-refractivity contribution in [2.24, 2.45) is 0 Å². The number of nitrogens with zero attached hydrogens (tertiary/aromatic N) is 3. The molecule has 0 amide bonds. The Morgan fingerprint density at radius 3 is 2.67 bits per heavy atom. The molecule has 0 spiro atoms. The Hall–Kier alpha value is -3.36. The van der Waals surface area contributed by atoms with Gasteiger partial charge in [-0.1, -0.05) is 35.9 Å². The molecule has 0 bridgehead atoms. The lowest BCUT2D eigenvalue weighted by atomic mass is 10.0. The van der Waals surface area contributed by atoms with Gasteiger partial charge in [-0.05, 0) is 29.8 Å². The van der Waals surface area contributed by atoms with Crippen molar-refractivity contribution in [1.82, 2.24) is 9.78 Å². The van der Waals surface area contributed by atoms with Crippen molar-refractivity contribution >= 4 is 39.5 Å². The van der Waals surface area contributed by atoms with Crippen LogP contribution in [-0.2, 0) is 22.7 Å². The SMILES string of the molecule is O=S(=O)(c1cn(CC(F)F)nc1OCCO)N1CCOc2ccc(/C=C/c3c(Cl)cccc3C(F)(F)F)cc21. The number of rotatable bonds is 9. The molecule has 1 aliphatic rings. The first kappa shape index (κ1) is 28.6. The summed E-state index contributed by atoms with van der Waals surface area (Å²) in [4.78, 5) is -0.503. The maximum absolute atomic E-state index is 13.6. The smallest absolute Gasteiger partial charge is 0.417 e. The minimum absolute atomic E-state index is 0.0337. The molecule has 1 aromatic heterocycles. The quantitative estimate of drug-likeness (QED) is 0.279. The molecule has 0 aliphatic carbocycles. The fraction of sp³-hybridized carbons (Fsp3) is 0.292. The maximum atomic E-state index is 13.6. The number of hydrogen-bond donors (Lipinski definition) is 1. The molecular formula is C24H21ClF5N3O5S. The molecule has 210 valence electrons. The monoisotopic (exact) mass is 593 g/mol. The molecule has 1 N–H and O–H groups in total. The summed E-state index contributed by atoms with van der Waals surface area (Å²) in [5.41, 5.74) is -0.804. The summed E-state index contributed by atoms with van der Waals surface area (Å²) >= 11 is 6.01. The Balaban J connectivity index is 1.73. The molecule has 0 saturated heterocycles. The van der Waals surface area contributed by atoms with E-state index in [1.807, 2.05) is 0 Å². The first-order valence-electron chi connectivity index (χ1n) is 11.3. The van der Waals surface area contributed by atoms with Crippen LogP contribution in [0, 0.1) is 0 Å². The molecule has 4 rings (SSSR count). The van der Waals surface area contributed by atoms with Crippen LogP contribution in [0.25, 0.3) is 12.2 Å². The van der Waals surface area contributed by atoms with Crippen molar-refractivity contribution in [1.29, 1.82) is 0 Å². The average Bonchev–Trinajstić information content (AvgIpc) is 3.28. The molecule has 0 fully saturated rings. The van der Waals surface area contributed by atoms with Gasteiger partial charge >= 0.3 is 6.18 Å². The third-order valence-corrected chi connectivity index (χ3v) is 7.65. The van der Waals surface area contributed by atoms with Gasteiger partial charge in [-0.3, -0.25) is 8.99 Å². The van der Waals surface area contributed by atoms with Crippen LogP contribution in [0.1, 0.15) is 16.7 Å². The summed E-state index contributed by atoms with van der Waals surface area (Å²) < 4.78 is 106. The highest BCUT2D eigenvalue weighted by Crippen LogP contribution is 2.39. The van der Waals surface area contributed by atoms with Crippen LogP contribution in [0.3, 0.4) is 0 Å². The third kappa shape index (κ3) is 6.28. The van der Waals surface area contributed by atoms with E-state index in [0.29, 0.717) is 5.56 Å². The topological polar surface area (TPSA) is 93.9 Å². The molecule has 0 radical (unpaired) electrons. The second-order valence-corrected chi connectivity index (χ2v) is 10.4. The summed E-state index contributed by atoms with van der Waals surface area (Å²) in [6, 6.07) is 7.76. The summed E-state index contributed by atoms with van der Waals surface area (Å²) in [5.74, 6) is -0.291. The number of halogens is 6. The predicted molar refractivity (Wildman–Crippen MR) is 133 cm³/mol. The second-order valence-electron chi connectivity index (χ2n) is 8.17. The summed E-state index contributed by atoms with van der Waals surface area (Å²) in [5, 5.41) is 12.7. The van der Waals surface area contributed by atoms with Crippen molar-refractivity contribution in [3.05, 3.63) is 64.3 Å². The van der Waals surface area contributed by atoms with Gasteiger partial charge in [0, 0.05) is 16.8 Å². The Kier molecular flexibility index (Phi) is 8.37. The van der Waals surface area contributed by atoms with Gasteiger partial charge in [0.1, 0.15) is 25.5 Å². The lowest BCUT2D eigenvalue weighted by Gasteiger charge is -2.30. The Morgan fingerprint density at radius 2 is 1.97 bits per heavy atom. The van der Waals surface area contributed by atoms with E-state index in [1.165, 1.54) is 42.5 Å². The van der Waals surface area contributed by atoms with Crippen molar-refractivity contribution in [3.8, 4) is 11.6 Å². The van der Waals surface area contributed by atoms with E-state index in [1.54, 1.807) is 0 Å². The van der Waals surface area contributed by atoms with Crippen molar-refractivity contribution < 1.29 is 45.0 Å². The van der Waals surface area contributed by atoms with E-state index in [0.717, 1.165) is 21.3 Å². The van der Waals surface area contributed by atoms with Crippen LogP contribution in [0.15, 0.2) is 47.5 Å². The predicted octanol–water partition coefficient (Wildman–Crippen LogP) is 4.95. The molecule has 3 aromatic rings. The number of benzene rings is 2. The fourth-order valence-electron chi connectivity index (χ4n) is 3.86. The molecule has 15 heteroatoms. The highest BCUT2D eigenvalue weighted by atomic mass is 35.5. The zero-order chi connectivity index (χ0) is 28.4. The Morgan fingerprint density at radius 1 is 1.21 bits per heavy atom. The highest BCUT2D eigenvalue weighted by molar-refractivity contribution is 7.93. The van der Waals surface area contributed by atoms with E-state index < -0.39 is 52.1 Å². The molecule has 2 heterocycles. The van der Waals surface area contributed by atoms with Crippen LogP contribution >= 0.6 is 11.6 Å². The number of anilines is 1. The van der Waals surface area contributed by atoms with Crippen molar-refractivity contribution in [3.63, 3.8) is 0 Å². The zero-order valence-electron chi connectivity index (χ0n) is 19.9. The van der Waals surface area contributed by atoms with E-state index in [4.69, 9.17) is 26.2 Å². The molecule has 2 aromatic carbocycles. The Bertz CT molecular complexity index is 1480. The van der Waals surface area contributed by atoms with E-state index >= 15 is 0 Å². The number of fused-ring (bicyclic) bond motifs is 1. The normalized spacial score (nSPS) is 14.1. The first-order valence-corrected chi connectivity index (χ1v) is 13.2. The summed E-state index contributed by atoms with van der Waals surface area (Å²) in [6.07, 6.45) is -4.05. The molecule has 39 heavy (non-hydrogen) atoms. The number of alkyl halides is 5. The van der Waals surface area contributed by atoms with Gasteiger partial charge in [0.05, 0.1) is 24.4 Å². The zero-order valence-corrected chi connectivity index (χ0v) is 21.5. The van der Waals surface area contributed by atoms with Crippen LogP contribution < -0.4 is 13.8 Å². The minimum atomic E-state index is -4.65. The summed E-state index contributed by atoms with van der Waals surface area (Å²) in [7, 11) is -4.44. The Labute approximate surface area is 224 Å². The third-order valence-electron chi connectivity index (χ3n) is 5.52. The lowest BCUT2D eigenvalue weighted by molar-refractivity contribution is -0.137. The van der Waals surface area contributed by atoms with Gasteiger partial charge in [0.25, 0.3) is 22.3 Å². The second kappa shape index (κ2) is 11.4. The van der Waals surface area contributed by atoms with Gasteiger partial charge in [-0.2, -0.15) is 13.2 Å². The number of hydrogen-bond acceptors (Lipinski definition) is 6. The molecule has 1 aliphatic heterocycles. The number of sulfonamides is 1. The molecule has 8 nitrogen and oxygen atoms in total. The molecule has 0 saturated carbocycles. The van der Waals surface area contributed by atoms with Crippen LogP contribution in [0.5, 0.6) is 11.6 Å². The van der Waals surface area contributed by atoms with Crippen LogP contribution in [0.2, 0.25) is 5.02 Å². The van der Waals surface area contributed by atoms with E-state index in [9.17, 15) is 30.4 Å². The van der Waals surface area contributed by atoms with Gasteiger partial charge in [0.15, 0.2) is 4.90 Å². The minimum Gasteiger partial charge on any atom is -0.489 e. The number of aromatic nitrogens is 2. The van der Waals surface area contributed by atoms with E-state index in [2.05, 4.69) is 5.10 Å². The van der Waals surface area contributed by atoms with Crippen LogP contribution in [-0.4, -0.2) is 56.1 Å². The van der Waals surface area contributed by atoms with Gasteiger partial charge in [-0.25, -0.2) is 17.2 Å². The molecular weight excluding hydrogens is 573 g/mol. The van der Waals surface area contributed by atoms with Gasteiger partial charge in [0.2, 0.25) is 0 Å².